The molecule has 5 nitrogen and oxygen atoms in total. The minimum Gasteiger partial charge on any atom is -0.507 e. The van der Waals surface area contributed by atoms with Crippen LogP contribution in [0.5, 0.6) is 11.5 Å². The number of phenolic OH excluding ortho intramolecular Hbond substituents is 2. The summed E-state index contributed by atoms with van der Waals surface area (Å²) in [6.45, 7) is 2.96. The average Bonchev–Trinajstić information content (AvgIpc) is 2.72. The lowest BCUT2D eigenvalue weighted by Gasteiger charge is -2.25. The standard InChI is InChI=1S/C23H23N3O2/c1-23(22-12-6-7-13-26-22,16-24-14-18-8-2-4-10-20(18)27)17-25-15-19-9-3-5-11-21(19)28/h2-15,27-28H,16-17H2,1H3. The molecule has 0 fully saturated rings. The minimum absolute atomic E-state index is 0.198. The van der Waals surface area contributed by atoms with Crippen LogP contribution in [0.1, 0.15) is 23.7 Å². The van der Waals surface area contributed by atoms with Crippen LogP contribution in [0.25, 0.3) is 0 Å². The second-order valence-corrected chi connectivity index (χ2v) is 6.83. The maximum Gasteiger partial charge on any atom is 0.124 e. The maximum absolute atomic E-state index is 9.90. The van der Waals surface area contributed by atoms with Crippen LogP contribution in [-0.4, -0.2) is 40.7 Å². The monoisotopic (exact) mass is 373 g/mol. The van der Waals surface area contributed by atoms with Gasteiger partial charge in [0.2, 0.25) is 0 Å². The van der Waals surface area contributed by atoms with E-state index in [4.69, 9.17) is 0 Å². The van der Waals surface area contributed by atoms with E-state index in [0.29, 0.717) is 24.2 Å². The second-order valence-electron chi connectivity index (χ2n) is 6.83. The van der Waals surface area contributed by atoms with Crippen molar-refractivity contribution < 1.29 is 10.2 Å². The van der Waals surface area contributed by atoms with E-state index in [-0.39, 0.29) is 11.5 Å². The summed E-state index contributed by atoms with van der Waals surface area (Å²) in [4.78, 5) is 13.6. The normalized spacial score (nSPS) is 13.8. The number of hydrogen-bond donors (Lipinski definition) is 2. The molecule has 3 aromatic rings. The minimum atomic E-state index is -0.428. The molecule has 0 saturated carbocycles. The number of para-hydroxylation sites is 2. The fourth-order valence-corrected chi connectivity index (χ4v) is 2.82. The van der Waals surface area contributed by atoms with E-state index in [9.17, 15) is 10.2 Å². The van der Waals surface area contributed by atoms with E-state index in [1.807, 2.05) is 42.5 Å². The number of aromatic hydroxyl groups is 2. The van der Waals surface area contributed by atoms with Gasteiger partial charge in [-0.2, -0.15) is 0 Å². The highest BCUT2D eigenvalue weighted by Crippen LogP contribution is 2.24. The van der Waals surface area contributed by atoms with Crippen molar-refractivity contribution in [3.8, 4) is 11.5 Å². The lowest BCUT2D eigenvalue weighted by molar-refractivity contribution is 0.473. The van der Waals surface area contributed by atoms with E-state index in [1.54, 1.807) is 42.9 Å². The van der Waals surface area contributed by atoms with Crippen molar-refractivity contribution in [3.63, 3.8) is 0 Å². The van der Waals surface area contributed by atoms with E-state index in [0.717, 1.165) is 5.69 Å². The number of aliphatic imine (C=N–C) groups is 2. The van der Waals surface area contributed by atoms with E-state index in [1.165, 1.54) is 0 Å². The number of aromatic nitrogens is 1. The number of pyridine rings is 1. The molecule has 28 heavy (non-hydrogen) atoms. The zero-order valence-electron chi connectivity index (χ0n) is 15.7. The molecule has 0 radical (unpaired) electrons. The van der Waals surface area contributed by atoms with Crippen molar-refractivity contribution in [1.82, 2.24) is 4.98 Å². The Bertz CT molecular complexity index is 911. The Labute approximate surface area is 164 Å². The number of rotatable bonds is 7. The van der Waals surface area contributed by atoms with E-state index >= 15 is 0 Å². The summed E-state index contributed by atoms with van der Waals surface area (Å²) in [5.74, 6) is 0.395. The van der Waals surface area contributed by atoms with Crippen LogP contribution >= 0.6 is 0 Å². The molecule has 1 heterocycles. The van der Waals surface area contributed by atoms with Gasteiger partial charge < -0.3 is 10.2 Å². The zero-order valence-corrected chi connectivity index (χ0v) is 15.7. The van der Waals surface area contributed by atoms with Gasteiger partial charge in [-0.05, 0) is 36.4 Å². The first-order valence-electron chi connectivity index (χ1n) is 9.06. The van der Waals surface area contributed by atoms with E-state index in [2.05, 4.69) is 21.9 Å². The van der Waals surface area contributed by atoms with Crippen LogP contribution in [0, 0.1) is 0 Å². The molecule has 0 aliphatic carbocycles. The first-order valence-corrected chi connectivity index (χ1v) is 9.06. The molecule has 1 aromatic heterocycles. The van der Waals surface area contributed by atoms with Gasteiger partial charge in [-0.1, -0.05) is 37.3 Å². The van der Waals surface area contributed by atoms with Crippen molar-refractivity contribution in [2.24, 2.45) is 9.98 Å². The Morgan fingerprint density at radius 1 is 0.786 bits per heavy atom. The topological polar surface area (TPSA) is 78.1 Å². The third kappa shape index (κ3) is 4.82. The SMILES string of the molecule is CC(CN=Cc1ccccc1O)(CN=Cc1ccccc1O)c1ccccn1. The molecular weight excluding hydrogens is 350 g/mol. The Balaban J connectivity index is 1.80. The first-order chi connectivity index (χ1) is 13.6. The van der Waals surface area contributed by atoms with Gasteiger partial charge in [-0.15, -0.1) is 0 Å². The van der Waals surface area contributed by atoms with Gasteiger partial charge in [0.15, 0.2) is 0 Å². The molecule has 0 atom stereocenters. The van der Waals surface area contributed by atoms with Crippen LogP contribution in [0.4, 0.5) is 0 Å². The quantitative estimate of drug-likeness (QED) is 0.615. The third-order valence-corrected chi connectivity index (χ3v) is 4.50. The van der Waals surface area contributed by atoms with Gasteiger partial charge in [-0.3, -0.25) is 15.0 Å². The fourth-order valence-electron chi connectivity index (χ4n) is 2.82. The molecule has 5 heteroatoms. The molecular formula is C23H23N3O2. The number of benzene rings is 2. The highest BCUT2D eigenvalue weighted by molar-refractivity contribution is 5.83. The van der Waals surface area contributed by atoms with Crippen molar-refractivity contribution in [1.29, 1.82) is 0 Å². The number of hydrogen-bond acceptors (Lipinski definition) is 5. The van der Waals surface area contributed by atoms with Crippen molar-refractivity contribution in [3.05, 3.63) is 89.7 Å². The molecule has 2 N–H and O–H groups in total. The average molecular weight is 373 g/mol. The van der Waals surface area contributed by atoms with Crippen molar-refractivity contribution in [2.75, 3.05) is 13.1 Å². The molecule has 3 rings (SSSR count). The lowest BCUT2D eigenvalue weighted by Crippen LogP contribution is -2.31. The Kier molecular flexibility index (Phi) is 6.17. The van der Waals surface area contributed by atoms with Gasteiger partial charge in [0.1, 0.15) is 11.5 Å². The predicted molar refractivity (Wildman–Crippen MR) is 113 cm³/mol. The molecule has 0 aliphatic heterocycles. The van der Waals surface area contributed by atoms with E-state index < -0.39 is 5.41 Å². The molecule has 0 spiro atoms. The highest BCUT2D eigenvalue weighted by Gasteiger charge is 2.27. The molecule has 0 unspecified atom stereocenters. The fraction of sp³-hybridized carbons (Fsp3) is 0.174. The first kappa shape index (κ1) is 19.3. The lowest BCUT2D eigenvalue weighted by atomic mass is 9.86. The predicted octanol–water partition coefficient (Wildman–Crippen LogP) is 3.99. The molecule has 0 saturated heterocycles. The molecule has 0 amide bonds. The molecule has 142 valence electrons. The summed E-state index contributed by atoms with van der Waals surface area (Å²) < 4.78 is 0. The van der Waals surface area contributed by atoms with Crippen LogP contribution < -0.4 is 0 Å². The Morgan fingerprint density at radius 3 is 1.75 bits per heavy atom. The summed E-state index contributed by atoms with van der Waals surface area (Å²) in [6.07, 6.45) is 5.10. The summed E-state index contributed by atoms with van der Waals surface area (Å²) in [7, 11) is 0. The summed E-state index contributed by atoms with van der Waals surface area (Å²) in [6, 6.07) is 19.9. The molecule has 0 bridgehead atoms. The van der Waals surface area contributed by atoms with Gasteiger partial charge >= 0.3 is 0 Å². The van der Waals surface area contributed by atoms with Gasteiger partial charge in [-0.25, -0.2) is 0 Å². The van der Waals surface area contributed by atoms with Gasteiger partial charge in [0, 0.05) is 40.9 Å². The number of nitrogens with zero attached hydrogens (tertiary/aromatic N) is 3. The second kappa shape index (κ2) is 8.95. The molecule has 2 aromatic carbocycles. The third-order valence-electron chi connectivity index (χ3n) is 4.50. The van der Waals surface area contributed by atoms with Crippen molar-refractivity contribution in [2.45, 2.75) is 12.3 Å². The summed E-state index contributed by atoms with van der Waals surface area (Å²) in [5.41, 5.74) is 1.80. The van der Waals surface area contributed by atoms with Crippen LogP contribution in [0.2, 0.25) is 0 Å². The van der Waals surface area contributed by atoms with Crippen LogP contribution in [0.15, 0.2) is 82.9 Å². The summed E-state index contributed by atoms with van der Waals surface area (Å²) in [5, 5.41) is 19.8. The van der Waals surface area contributed by atoms with Gasteiger partial charge in [0.25, 0.3) is 0 Å². The largest absolute Gasteiger partial charge is 0.507 e. The van der Waals surface area contributed by atoms with Crippen molar-refractivity contribution >= 4 is 12.4 Å². The Morgan fingerprint density at radius 2 is 1.29 bits per heavy atom. The number of phenols is 2. The van der Waals surface area contributed by atoms with Crippen LogP contribution in [0.3, 0.4) is 0 Å². The Hall–Kier alpha value is -3.47. The van der Waals surface area contributed by atoms with Gasteiger partial charge in [0.05, 0.1) is 13.1 Å². The maximum atomic E-state index is 9.90. The molecule has 0 aliphatic rings. The van der Waals surface area contributed by atoms with Crippen LogP contribution in [-0.2, 0) is 5.41 Å². The zero-order chi connectivity index (χ0) is 19.8. The highest BCUT2D eigenvalue weighted by atomic mass is 16.3. The summed E-state index contributed by atoms with van der Waals surface area (Å²) >= 11 is 0. The smallest absolute Gasteiger partial charge is 0.124 e.